The van der Waals surface area contributed by atoms with Crippen molar-refractivity contribution in [3.8, 4) is 0 Å². The Kier molecular flexibility index (Phi) is 43.3. The predicted octanol–water partition coefficient (Wildman–Crippen LogP) is -2.27. The van der Waals surface area contributed by atoms with Crippen molar-refractivity contribution in [1.29, 1.82) is 5.41 Å². The molecule has 26 N–H and O–H groups in total. The maximum absolute atomic E-state index is 15.9. The number of aliphatic hydroxyl groups excluding tert-OH is 2. The van der Waals surface area contributed by atoms with Gasteiger partial charge in [0.25, 0.3) is 0 Å². The number of imidazole rings is 1. The Labute approximate surface area is 804 Å². The van der Waals surface area contributed by atoms with Crippen LogP contribution in [0.1, 0.15) is 160 Å². The number of rotatable bonds is 31. The molecular formula is C93H135N25O19S. The van der Waals surface area contributed by atoms with Gasteiger partial charge in [-0.15, -0.1) is 11.8 Å². The molecule has 17 amide bonds. The summed E-state index contributed by atoms with van der Waals surface area (Å²) in [6, 6.07) is 1.30. The number of carbonyl (C=O) groups excluding carboxylic acids is 17. The van der Waals surface area contributed by atoms with Crippen LogP contribution in [0.4, 0.5) is 0 Å². The van der Waals surface area contributed by atoms with Crippen LogP contribution in [-0.2, 0) is 107 Å². The Hall–Kier alpha value is -13.6. The molecule has 3 aromatic heterocycles. The van der Waals surface area contributed by atoms with Crippen molar-refractivity contribution in [2.24, 2.45) is 28.9 Å². The number of likely N-dealkylation sites (N-methyl/N-ethyl adjacent to an activating group) is 3. The van der Waals surface area contributed by atoms with Gasteiger partial charge in [-0.3, -0.25) is 91.8 Å². The molecule has 2 saturated heterocycles. The molecule has 752 valence electrons. The highest BCUT2D eigenvalue weighted by atomic mass is 32.2. The Balaban J connectivity index is 1.21. The minimum atomic E-state index is -1.91. The number of thioether (sulfide) groups is 1. The van der Waals surface area contributed by atoms with Crippen molar-refractivity contribution < 1.29 is 91.7 Å². The second kappa shape index (κ2) is 54.4. The lowest BCUT2D eigenvalue weighted by Crippen LogP contribution is -2.62. The molecule has 1 unspecified atom stereocenters. The summed E-state index contributed by atoms with van der Waals surface area (Å²) in [7, 11) is 4.12. The normalized spacial score (nSPS) is 24.1. The van der Waals surface area contributed by atoms with E-state index in [9.17, 15) is 53.4 Å². The first-order valence-corrected chi connectivity index (χ1v) is 47.7. The lowest BCUT2D eigenvalue weighted by Gasteiger charge is -2.41. The van der Waals surface area contributed by atoms with Crippen LogP contribution in [0.15, 0.2) is 104 Å². The molecule has 8 rings (SSSR count). The Morgan fingerprint density at radius 1 is 0.543 bits per heavy atom. The Morgan fingerprint density at radius 3 is 1.70 bits per heavy atom. The van der Waals surface area contributed by atoms with E-state index in [0.29, 0.717) is 70.7 Å². The van der Waals surface area contributed by atoms with Crippen molar-refractivity contribution >= 4 is 140 Å². The number of nitrogens with one attached hydrogen (secondary N) is 16. The van der Waals surface area contributed by atoms with Crippen molar-refractivity contribution in [3.05, 3.63) is 126 Å². The number of primary amides is 3. The highest BCUT2D eigenvalue weighted by molar-refractivity contribution is 8.00. The first-order valence-electron chi connectivity index (χ1n) is 46.6. The van der Waals surface area contributed by atoms with Crippen LogP contribution >= 0.6 is 11.8 Å². The van der Waals surface area contributed by atoms with Crippen molar-refractivity contribution in [3.63, 3.8) is 0 Å². The van der Waals surface area contributed by atoms with E-state index in [1.165, 1.54) is 50.4 Å². The molecule has 138 heavy (non-hydrogen) atoms. The van der Waals surface area contributed by atoms with Crippen LogP contribution in [0.2, 0.25) is 0 Å². The molecular weight excluding hydrogens is 1800 g/mol. The monoisotopic (exact) mass is 1940 g/mol. The van der Waals surface area contributed by atoms with Gasteiger partial charge in [-0.25, -0.2) is 4.98 Å². The maximum atomic E-state index is 15.9. The topological polar surface area (TPSA) is 676 Å². The number of carbonyl (C=O) groups is 17. The van der Waals surface area contributed by atoms with Crippen molar-refractivity contribution in [2.75, 3.05) is 58.9 Å². The molecule has 6 aromatic rings. The number of hydrogen-bond donors (Lipinski definition) is 22. The van der Waals surface area contributed by atoms with Gasteiger partial charge in [0, 0.05) is 105 Å². The molecule has 0 spiro atoms. The molecule has 15 atom stereocenters. The van der Waals surface area contributed by atoms with Crippen LogP contribution in [0.25, 0.3) is 21.8 Å². The quantitative estimate of drug-likeness (QED) is 0.0124. The molecule has 2 aliphatic rings. The molecule has 44 nitrogen and oxygen atoms in total. The summed E-state index contributed by atoms with van der Waals surface area (Å²) in [6.45, 7) is 6.62. The molecule has 2 aliphatic heterocycles. The average molecular weight is 1940 g/mol. The lowest BCUT2D eigenvalue weighted by molar-refractivity contribution is -0.147. The van der Waals surface area contributed by atoms with Crippen LogP contribution in [0.3, 0.4) is 0 Å². The van der Waals surface area contributed by atoms with Gasteiger partial charge < -0.3 is 127 Å². The van der Waals surface area contributed by atoms with Crippen molar-refractivity contribution in [2.45, 2.75) is 254 Å². The largest absolute Gasteiger partial charge is 0.394 e. The molecule has 3 aromatic carbocycles. The second-order valence-electron chi connectivity index (χ2n) is 35.3. The molecule has 0 radical (unpaired) electrons. The summed E-state index contributed by atoms with van der Waals surface area (Å²) >= 11 is 0.805. The number of fused-ring (bicyclic) bond motifs is 3. The number of unbranched alkanes of at least 4 members (excludes halogenated alkanes) is 3. The van der Waals surface area contributed by atoms with Gasteiger partial charge in [0.05, 0.1) is 43.7 Å². The average Bonchev–Trinajstić information content (AvgIpc) is 1.56. The fourth-order valence-corrected chi connectivity index (χ4v) is 17.5. The van der Waals surface area contributed by atoms with E-state index in [0.717, 1.165) is 27.1 Å². The zero-order valence-electron chi connectivity index (χ0n) is 79.2. The molecule has 45 heteroatoms. The second-order valence-corrected chi connectivity index (χ2v) is 36.4. The van der Waals surface area contributed by atoms with Crippen LogP contribution in [0, 0.1) is 11.3 Å². The Morgan fingerprint density at radius 2 is 1.09 bits per heavy atom. The fraction of sp³-hybridized carbons (Fsp3) is 0.538. The number of hydrogen-bond acceptors (Lipinski definition) is 23. The van der Waals surface area contributed by atoms with E-state index >= 15 is 38.4 Å². The lowest BCUT2D eigenvalue weighted by atomic mass is 9.99. The smallest absolute Gasteiger partial charge is 0.246 e. The number of aromatic amines is 3. The van der Waals surface area contributed by atoms with E-state index in [1.807, 2.05) is 13.8 Å². The third-order valence-electron chi connectivity index (χ3n) is 24.4. The zero-order chi connectivity index (χ0) is 101. The standard InChI is InChI=1S/C93H135N25O19S/c1-9-11-14-31-74-92(137)116(7)72(30-12-10-2)87(132)107-62(29-21-37-100-93(97)98)81(126)114-71(80(125)103-47-77(96)122)49-138-50-78(123)105-64(34-33-54-23-15-13-16-24-54)89(134)115(6)53(5)79(124)111-69(43-76(95)121)91(136)118-38-22-32-73(118)88(133)110-67(42-57-46-99-51-104-57)85(130)108-65(39-52(3)4)83(128)106-63(35-36-75(94)120)82(127)109-66(40-55-44-101-60-27-19-17-25-58(55)60)84(129)113-70(48-119)86(131)112-68(90(135)117(74)8)41-56-45-102-61-28-20-18-26-59(56)61/h13,15-20,23-28,44-46,51-53,62-74,92,101-102,119,137H,9-12,14,21-22,29-43,47-50H2,1-8H3,(H2,94,120)(H2,95,121)(H2,96,122)(H,99,104)(H,103,125)(H,105,123)(H,106,128)(H,107,132)(H,108,130)(H,109,127)(H,110,133)(H,111,124)(H,112,131)(H,113,129)(H,114,126)(H4,97,98,100)/t53-,62-,63-,64-,65-,66-,67-,68-,69-,70-,71-,72-,73-,74-,92?/m0/s1. The van der Waals surface area contributed by atoms with E-state index in [4.69, 9.17) is 28.3 Å². The SMILES string of the molecule is CCCCC[C@H]1C(O)N(C)[C@@H](CCCC)C(=O)N[C@@H](CCCNC(=N)N)C(=O)N[C@H](C(=O)NCC(N)=O)CSCC(=O)N[C@@H](CCc2ccccc2)C(=O)N(C)[C@@H](C)C(=O)N[C@@H](CC(N)=O)C(=O)N2CCC[C@H]2C(=O)N[C@@H](Cc2cnc[nH]2)C(=O)N[C@@H](CC(C)C)C(=O)N[C@@H](CCC(N)=O)C(=O)N[C@@H](Cc2c[nH]c3ccccc23)C(=O)N[C@@H](CO)C(=O)N[C@@H](Cc2c[nH]c3ccccc23)C(=O)N1C. The predicted molar refractivity (Wildman–Crippen MR) is 513 cm³/mol. The number of aryl methyl sites for hydroxylation is 1. The number of H-pyrrole nitrogens is 3. The maximum Gasteiger partial charge on any atom is 0.246 e. The highest BCUT2D eigenvalue weighted by Gasteiger charge is 2.45. The number of aliphatic hydroxyl groups is 2. The van der Waals surface area contributed by atoms with E-state index in [2.05, 4.69) is 83.7 Å². The number of benzene rings is 3. The summed E-state index contributed by atoms with van der Waals surface area (Å²) in [5.41, 5.74) is 25.8. The zero-order valence-corrected chi connectivity index (χ0v) is 80.0. The van der Waals surface area contributed by atoms with E-state index in [-0.39, 0.29) is 90.1 Å². The van der Waals surface area contributed by atoms with Crippen molar-refractivity contribution in [1.82, 2.24) is 103 Å². The number of para-hydroxylation sites is 2. The van der Waals surface area contributed by atoms with Gasteiger partial charge in [-0.05, 0) is 113 Å². The fourth-order valence-electron chi connectivity index (χ4n) is 16.6. The van der Waals surface area contributed by atoms with Gasteiger partial charge >= 0.3 is 0 Å². The molecule has 0 saturated carbocycles. The molecule has 0 bridgehead atoms. The van der Waals surface area contributed by atoms with Gasteiger partial charge in [0.15, 0.2) is 5.96 Å². The number of nitrogens with zero attached hydrogens (tertiary/aromatic N) is 5. The third-order valence-corrected chi connectivity index (χ3v) is 25.5. The summed E-state index contributed by atoms with van der Waals surface area (Å²) in [6.07, 6.45) is 4.16. The van der Waals surface area contributed by atoms with Gasteiger partial charge in [0.1, 0.15) is 78.7 Å². The Bertz CT molecular complexity index is 5190. The number of guanidine groups is 1. The van der Waals surface area contributed by atoms with Gasteiger partial charge in [0.2, 0.25) is 100 Å². The summed E-state index contributed by atoms with van der Waals surface area (Å²) < 4.78 is 0. The summed E-state index contributed by atoms with van der Waals surface area (Å²) in [5.74, 6) is -17.9. The number of aromatic nitrogens is 4. The van der Waals surface area contributed by atoms with Gasteiger partial charge in [-0.2, -0.15) is 0 Å². The molecule has 0 aliphatic carbocycles. The van der Waals surface area contributed by atoms with Gasteiger partial charge in [-0.1, -0.05) is 127 Å². The number of amides is 17. The summed E-state index contributed by atoms with van der Waals surface area (Å²) in [4.78, 5) is 266. The van der Waals surface area contributed by atoms with E-state index in [1.54, 1.807) is 105 Å². The number of nitrogens with two attached hydrogens (primary N) is 4. The summed E-state index contributed by atoms with van der Waals surface area (Å²) in [5, 5.41) is 65.2. The minimum Gasteiger partial charge on any atom is -0.394 e. The minimum absolute atomic E-state index is 0.00513. The molecule has 2 fully saturated rings. The van der Waals surface area contributed by atoms with Crippen LogP contribution in [0.5, 0.6) is 0 Å². The first kappa shape index (κ1) is 110. The highest BCUT2D eigenvalue weighted by Crippen LogP contribution is 2.27. The van der Waals surface area contributed by atoms with Crippen LogP contribution < -0.4 is 86.7 Å². The molecule has 5 heterocycles. The van der Waals surface area contributed by atoms with E-state index < -0.39 is 247 Å². The first-order chi connectivity index (χ1) is 65.8. The third kappa shape index (κ3) is 32.9. The van der Waals surface area contributed by atoms with Crippen LogP contribution in [-0.4, -0.2) is 306 Å².